The average Bonchev–Trinajstić information content (AvgIpc) is 2.95. The fraction of sp³-hybridized carbons (Fsp3) is 0.222. The highest BCUT2D eigenvalue weighted by Crippen LogP contribution is 2.24. The molecule has 4 nitrogen and oxygen atoms in total. The van der Waals surface area contributed by atoms with Crippen molar-refractivity contribution in [1.29, 1.82) is 0 Å². The van der Waals surface area contributed by atoms with Crippen LogP contribution in [-0.2, 0) is 4.79 Å². The number of hydrogen-bond acceptors (Lipinski definition) is 3. The summed E-state index contributed by atoms with van der Waals surface area (Å²) in [6.07, 6.45) is 1.49. The smallest absolute Gasteiger partial charge is 0.343 e. The van der Waals surface area contributed by atoms with E-state index in [1.807, 2.05) is 19.1 Å². The Hall–Kier alpha value is -2.62. The van der Waals surface area contributed by atoms with Gasteiger partial charge in [0.05, 0.1) is 5.56 Å². The number of nitrogens with zero attached hydrogens (tertiary/aromatic N) is 1. The molecule has 1 amide bonds. The highest BCUT2D eigenvalue weighted by Gasteiger charge is 2.21. The largest absolute Gasteiger partial charge is 0.423 e. The van der Waals surface area contributed by atoms with Gasteiger partial charge in [0.1, 0.15) is 5.75 Å². The summed E-state index contributed by atoms with van der Waals surface area (Å²) in [4.78, 5) is 25.5. The number of esters is 1. The van der Waals surface area contributed by atoms with Crippen LogP contribution >= 0.6 is 0 Å². The number of rotatable bonds is 3. The van der Waals surface area contributed by atoms with Crippen LogP contribution in [0.2, 0.25) is 0 Å². The van der Waals surface area contributed by atoms with E-state index < -0.39 is 0 Å². The van der Waals surface area contributed by atoms with Crippen molar-refractivity contribution in [1.82, 2.24) is 0 Å². The molecule has 22 heavy (non-hydrogen) atoms. The van der Waals surface area contributed by atoms with Crippen molar-refractivity contribution in [3.05, 3.63) is 59.7 Å². The van der Waals surface area contributed by atoms with Crippen molar-refractivity contribution in [2.45, 2.75) is 19.8 Å². The van der Waals surface area contributed by atoms with Gasteiger partial charge in [-0.05, 0) is 49.7 Å². The number of anilines is 1. The van der Waals surface area contributed by atoms with Crippen LogP contribution in [0.1, 0.15) is 28.8 Å². The Morgan fingerprint density at radius 3 is 2.32 bits per heavy atom. The third-order valence-corrected chi connectivity index (χ3v) is 3.72. The van der Waals surface area contributed by atoms with E-state index in [0.29, 0.717) is 17.7 Å². The minimum absolute atomic E-state index is 0.143. The molecule has 0 bridgehead atoms. The van der Waals surface area contributed by atoms with Gasteiger partial charge in [0.25, 0.3) is 0 Å². The summed E-state index contributed by atoms with van der Waals surface area (Å²) < 4.78 is 5.34. The first-order valence-electron chi connectivity index (χ1n) is 7.33. The van der Waals surface area contributed by atoms with E-state index in [4.69, 9.17) is 4.74 Å². The lowest BCUT2D eigenvalue weighted by atomic mass is 10.1. The molecule has 2 aromatic carbocycles. The summed E-state index contributed by atoms with van der Waals surface area (Å²) >= 11 is 0. The Labute approximate surface area is 129 Å². The summed E-state index contributed by atoms with van der Waals surface area (Å²) in [6, 6.07) is 14.3. The second-order valence-electron chi connectivity index (χ2n) is 5.40. The molecule has 1 aliphatic rings. The molecule has 0 atom stereocenters. The fourth-order valence-electron chi connectivity index (χ4n) is 2.47. The van der Waals surface area contributed by atoms with E-state index in [1.165, 1.54) is 0 Å². The van der Waals surface area contributed by atoms with Crippen LogP contribution in [0.4, 0.5) is 5.69 Å². The van der Waals surface area contributed by atoms with Gasteiger partial charge >= 0.3 is 5.97 Å². The molecule has 1 fully saturated rings. The van der Waals surface area contributed by atoms with Crippen molar-refractivity contribution >= 4 is 17.6 Å². The minimum Gasteiger partial charge on any atom is -0.423 e. The molecule has 1 heterocycles. The van der Waals surface area contributed by atoms with Crippen molar-refractivity contribution in [3.8, 4) is 5.75 Å². The lowest BCUT2D eigenvalue weighted by molar-refractivity contribution is -0.117. The van der Waals surface area contributed by atoms with Gasteiger partial charge in [0.2, 0.25) is 5.91 Å². The van der Waals surface area contributed by atoms with Crippen molar-refractivity contribution in [2.24, 2.45) is 0 Å². The third-order valence-electron chi connectivity index (χ3n) is 3.72. The van der Waals surface area contributed by atoms with Crippen LogP contribution in [0.25, 0.3) is 0 Å². The minimum atomic E-state index is -0.384. The summed E-state index contributed by atoms with van der Waals surface area (Å²) in [6.45, 7) is 2.72. The van der Waals surface area contributed by atoms with Crippen molar-refractivity contribution in [3.63, 3.8) is 0 Å². The maximum absolute atomic E-state index is 12.0. The van der Waals surface area contributed by atoms with Crippen LogP contribution in [0.5, 0.6) is 5.75 Å². The van der Waals surface area contributed by atoms with Crippen LogP contribution in [-0.4, -0.2) is 18.4 Å². The molecule has 0 aromatic heterocycles. The maximum atomic E-state index is 12.0. The molecule has 1 saturated heterocycles. The summed E-state index contributed by atoms with van der Waals surface area (Å²) in [5.74, 6) is 0.232. The van der Waals surface area contributed by atoms with Gasteiger partial charge in [0, 0.05) is 18.7 Å². The second-order valence-corrected chi connectivity index (χ2v) is 5.40. The van der Waals surface area contributed by atoms with Crippen LogP contribution < -0.4 is 9.64 Å². The first kappa shape index (κ1) is 14.3. The molecule has 4 heteroatoms. The third kappa shape index (κ3) is 3.01. The zero-order valence-electron chi connectivity index (χ0n) is 12.4. The molecule has 2 aromatic rings. The average molecular weight is 295 g/mol. The zero-order chi connectivity index (χ0) is 15.5. The molecule has 112 valence electrons. The first-order chi connectivity index (χ1) is 10.6. The molecule has 0 saturated carbocycles. The van der Waals surface area contributed by atoms with Gasteiger partial charge in [-0.1, -0.05) is 17.7 Å². The predicted octanol–water partition coefficient (Wildman–Crippen LogP) is 3.34. The first-order valence-corrected chi connectivity index (χ1v) is 7.33. The quantitative estimate of drug-likeness (QED) is 0.644. The number of carbonyl (C=O) groups excluding carboxylic acids is 2. The SMILES string of the molecule is Cc1ccc(C(=O)Oc2ccc(N3CCCC3=O)cc2)cc1. The normalized spacial score (nSPS) is 14.2. The molecular weight excluding hydrogens is 278 g/mol. The zero-order valence-corrected chi connectivity index (χ0v) is 12.4. The molecule has 0 radical (unpaired) electrons. The molecule has 0 spiro atoms. The summed E-state index contributed by atoms with van der Waals surface area (Å²) in [5, 5.41) is 0. The Kier molecular flexibility index (Phi) is 3.92. The van der Waals surface area contributed by atoms with E-state index in [2.05, 4.69) is 0 Å². The topological polar surface area (TPSA) is 46.6 Å². The number of amides is 1. The molecule has 1 aliphatic heterocycles. The van der Waals surface area contributed by atoms with Crippen molar-refractivity contribution in [2.75, 3.05) is 11.4 Å². The van der Waals surface area contributed by atoms with E-state index in [-0.39, 0.29) is 11.9 Å². The highest BCUT2D eigenvalue weighted by atomic mass is 16.5. The second kappa shape index (κ2) is 6.02. The standard InChI is InChI=1S/C18H17NO3/c1-13-4-6-14(7-5-13)18(21)22-16-10-8-15(9-11-16)19-12-2-3-17(19)20/h4-11H,2-3,12H2,1H3. The van der Waals surface area contributed by atoms with E-state index >= 15 is 0 Å². The predicted molar refractivity (Wildman–Crippen MR) is 84.2 cm³/mol. The van der Waals surface area contributed by atoms with Crippen molar-refractivity contribution < 1.29 is 14.3 Å². The Bertz CT molecular complexity index is 689. The van der Waals surface area contributed by atoms with Crippen LogP contribution in [0.3, 0.4) is 0 Å². The number of hydrogen-bond donors (Lipinski definition) is 0. The van der Waals surface area contributed by atoms with Crippen LogP contribution in [0.15, 0.2) is 48.5 Å². The molecule has 0 unspecified atom stereocenters. The van der Waals surface area contributed by atoms with E-state index in [1.54, 1.807) is 41.3 Å². The lowest BCUT2D eigenvalue weighted by Crippen LogP contribution is -2.23. The number of carbonyl (C=O) groups is 2. The molecule has 0 aliphatic carbocycles. The van der Waals surface area contributed by atoms with Gasteiger partial charge in [0.15, 0.2) is 0 Å². The Morgan fingerprint density at radius 2 is 1.73 bits per heavy atom. The van der Waals surface area contributed by atoms with Gasteiger partial charge in [-0.3, -0.25) is 4.79 Å². The number of benzene rings is 2. The van der Waals surface area contributed by atoms with Gasteiger partial charge < -0.3 is 9.64 Å². The van der Waals surface area contributed by atoms with E-state index in [9.17, 15) is 9.59 Å². The number of ether oxygens (including phenoxy) is 1. The molecule has 0 N–H and O–H groups in total. The van der Waals surface area contributed by atoms with Gasteiger partial charge in [-0.2, -0.15) is 0 Å². The van der Waals surface area contributed by atoms with Gasteiger partial charge in [-0.25, -0.2) is 4.79 Å². The lowest BCUT2D eigenvalue weighted by Gasteiger charge is -2.15. The maximum Gasteiger partial charge on any atom is 0.343 e. The summed E-state index contributed by atoms with van der Waals surface area (Å²) in [7, 11) is 0. The summed E-state index contributed by atoms with van der Waals surface area (Å²) in [5.41, 5.74) is 2.46. The Balaban J connectivity index is 1.69. The number of aryl methyl sites for hydroxylation is 1. The molecule has 3 rings (SSSR count). The van der Waals surface area contributed by atoms with Gasteiger partial charge in [-0.15, -0.1) is 0 Å². The molecular formula is C18H17NO3. The monoisotopic (exact) mass is 295 g/mol. The van der Waals surface area contributed by atoms with Crippen LogP contribution in [0, 0.1) is 6.92 Å². The Morgan fingerprint density at radius 1 is 1.05 bits per heavy atom. The fourth-order valence-corrected chi connectivity index (χ4v) is 2.47. The highest BCUT2D eigenvalue weighted by molar-refractivity contribution is 5.95. The van der Waals surface area contributed by atoms with E-state index in [0.717, 1.165) is 24.2 Å².